The molecule has 1 aliphatic heterocycles. The molecule has 0 aliphatic carbocycles. The second-order valence-electron chi connectivity index (χ2n) is 26.7. The number of rotatable bonds is 16. The lowest BCUT2D eigenvalue weighted by atomic mass is 9.78. The van der Waals surface area contributed by atoms with Gasteiger partial charge in [0.15, 0.2) is 0 Å². The summed E-state index contributed by atoms with van der Waals surface area (Å²) in [5.74, 6) is 2.10. The van der Waals surface area contributed by atoms with Crippen LogP contribution in [-0.2, 0) is 4.57 Å². The van der Waals surface area contributed by atoms with Crippen molar-refractivity contribution in [1.29, 1.82) is 0 Å². The predicted molar refractivity (Wildman–Crippen MR) is 335 cm³/mol. The molecule has 0 saturated heterocycles. The van der Waals surface area contributed by atoms with Crippen LogP contribution in [0.4, 0.5) is 0 Å². The summed E-state index contributed by atoms with van der Waals surface area (Å²) < 4.78 is 29.3. The van der Waals surface area contributed by atoms with Crippen molar-refractivity contribution in [2.45, 2.75) is 235 Å². The maximum absolute atomic E-state index is 15.5. The Balaban J connectivity index is 1.86. The van der Waals surface area contributed by atoms with Gasteiger partial charge in [-0.05, 0) is 147 Å². The summed E-state index contributed by atoms with van der Waals surface area (Å²) in [6, 6.07) is 28.8. The van der Waals surface area contributed by atoms with Crippen LogP contribution in [0.15, 0.2) is 72.8 Å². The van der Waals surface area contributed by atoms with E-state index in [1.165, 1.54) is 43.8 Å². The second-order valence-corrected chi connectivity index (χ2v) is 39.8. The van der Waals surface area contributed by atoms with E-state index in [-0.39, 0.29) is 23.7 Å². The highest BCUT2D eigenvalue weighted by atomic mass is 31.2. The van der Waals surface area contributed by atoms with E-state index in [1.54, 1.807) is 0 Å². The Hall–Kier alpha value is -3.94. The maximum atomic E-state index is 15.5. The molecule has 0 saturated carbocycles. The Morgan fingerprint density at radius 2 is 0.627 bits per heavy atom. The highest BCUT2D eigenvalue weighted by molar-refractivity contribution is 7.48. The van der Waals surface area contributed by atoms with Crippen LogP contribution in [-0.4, -0.2) is 21.0 Å². The van der Waals surface area contributed by atoms with E-state index in [2.05, 4.69) is 239 Å². The van der Waals surface area contributed by atoms with Crippen molar-refractivity contribution >= 4 is 55.9 Å². The Bertz CT molecular complexity index is 2840. The normalized spacial score (nSPS) is 14.4. The second kappa shape index (κ2) is 21.7. The predicted octanol–water partition coefficient (Wildman–Crippen LogP) is 21.4. The molecular formula is C68H97O4PSi2. The molecule has 1 heterocycles. The van der Waals surface area contributed by atoms with Gasteiger partial charge >= 0.3 is 7.82 Å². The lowest BCUT2D eigenvalue weighted by Gasteiger charge is -2.44. The molecule has 0 fully saturated rings. The van der Waals surface area contributed by atoms with Crippen LogP contribution < -0.4 is 19.4 Å². The van der Waals surface area contributed by atoms with Gasteiger partial charge in [0.2, 0.25) is 0 Å². The highest BCUT2D eigenvalue weighted by Crippen LogP contribution is 2.63. The molecule has 1 N–H and O–H groups in total. The molecule has 6 aromatic carbocycles. The van der Waals surface area contributed by atoms with Gasteiger partial charge < -0.3 is 9.05 Å². The van der Waals surface area contributed by atoms with E-state index in [4.69, 9.17) is 9.05 Å². The minimum atomic E-state index is -4.89. The Labute approximate surface area is 457 Å². The Morgan fingerprint density at radius 3 is 0.853 bits per heavy atom. The molecule has 0 radical (unpaired) electrons. The van der Waals surface area contributed by atoms with E-state index in [9.17, 15) is 4.89 Å². The van der Waals surface area contributed by atoms with Gasteiger partial charge in [0.25, 0.3) is 0 Å². The molecule has 7 rings (SSSR count). The van der Waals surface area contributed by atoms with Gasteiger partial charge in [0.1, 0.15) is 11.5 Å². The first kappa shape index (κ1) is 58.7. The minimum absolute atomic E-state index is 0.155. The molecule has 6 aromatic rings. The first-order valence-electron chi connectivity index (χ1n) is 29.2. The minimum Gasteiger partial charge on any atom is -0.394 e. The van der Waals surface area contributed by atoms with Crippen LogP contribution in [0.1, 0.15) is 235 Å². The molecule has 0 atom stereocenters. The maximum Gasteiger partial charge on any atom is 0.584 e. The van der Waals surface area contributed by atoms with E-state index < -0.39 is 24.0 Å². The quantitative estimate of drug-likeness (QED) is 0.0775. The zero-order valence-corrected chi connectivity index (χ0v) is 53.9. The molecule has 0 spiro atoms. The standard InChI is InChI=1S/C68H97O4PSi2/c1-37(2)49-31-57(39(5)6)63(58(32-49)40(7)8)61-35-51-29-53(74(43(13)14,44(15)16)45(17)18)25-27-55(51)65-66-56-28-26-54(75(46(19)20,47(21)22)48(23)24)30-52(56)36-62(68(66)72-73(69,70)71-67(61)65)64-59(41(9)10)33-50(38(3)4)34-60(64)42(11)12/h25-48H,1-24H3,(H,69,70). The van der Waals surface area contributed by atoms with Crippen LogP contribution in [0.25, 0.3) is 54.9 Å². The monoisotopic (exact) mass is 1060 g/mol. The van der Waals surface area contributed by atoms with Gasteiger partial charge in [0.05, 0.1) is 16.1 Å². The largest absolute Gasteiger partial charge is 0.584 e. The third-order valence-corrected chi connectivity index (χ3v) is 33.3. The molecule has 75 heavy (non-hydrogen) atoms. The van der Waals surface area contributed by atoms with Crippen LogP contribution in [0.5, 0.6) is 11.5 Å². The topological polar surface area (TPSA) is 55.8 Å². The van der Waals surface area contributed by atoms with E-state index in [1.807, 2.05) is 0 Å². The van der Waals surface area contributed by atoms with Crippen molar-refractivity contribution in [3.63, 3.8) is 0 Å². The van der Waals surface area contributed by atoms with Gasteiger partial charge in [-0.1, -0.05) is 237 Å². The summed E-state index contributed by atoms with van der Waals surface area (Å²) in [5, 5.41) is 7.15. The molecule has 0 amide bonds. The fourth-order valence-electron chi connectivity index (χ4n) is 15.2. The Kier molecular flexibility index (Phi) is 17.0. The highest BCUT2D eigenvalue weighted by Gasteiger charge is 2.47. The van der Waals surface area contributed by atoms with Crippen molar-refractivity contribution in [3.8, 4) is 44.9 Å². The molecule has 0 bridgehead atoms. The molecule has 7 heteroatoms. The fraction of sp³-hybridized carbons (Fsp3) is 0.529. The Morgan fingerprint density at radius 1 is 0.360 bits per heavy atom. The number of phosphoric ester groups is 1. The van der Waals surface area contributed by atoms with Crippen molar-refractivity contribution < 1.29 is 18.5 Å². The summed E-state index contributed by atoms with van der Waals surface area (Å²) in [6.45, 7) is 56.7. The van der Waals surface area contributed by atoms with Crippen molar-refractivity contribution in [2.75, 3.05) is 0 Å². The average Bonchev–Trinajstić information content (AvgIpc) is 3.42. The zero-order chi connectivity index (χ0) is 55.9. The number of phosphoric acid groups is 1. The van der Waals surface area contributed by atoms with E-state index in [0.717, 1.165) is 54.9 Å². The summed E-state index contributed by atoms with van der Waals surface area (Å²) in [7, 11) is -9.22. The lowest BCUT2D eigenvalue weighted by molar-refractivity contribution is 0.295. The fourth-order valence-corrected chi connectivity index (χ4v) is 29.6. The summed E-state index contributed by atoms with van der Waals surface area (Å²) in [6.07, 6.45) is 0. The van der Waals surface area contributed by atoms with Gasteiger partial charge in [-0.3, -0.25) is 4.89 Å². The van der Waals surface area contributed by atoms with Gasteiger partial charge in [0, 0.05) is 22.3 Å². The summed E-state index contributed by atoms with van der Waals surface area (Å²) in [4.78, 5) is 12.7. The van der Waals surface area contributed by atoms with Crippen LogP contribution >= 0.6 is 7.82 Å². The molecule has 0 aromatic heterocycles. The first-order valence-corrected chi connectivity index (χ1v) is 35.1. The van der Waals surface area contributed by atoms with Crippen LogP contribution in [0.2, 0.25) is 33.2 Å². The molecular weight excluding hydrogens is 968 g/mol. The molecule has 1 aliphatic rings. The van der Waals surface area contributed by atoms with Gasteiger partial charge in [-0.25, -0.2) is 4.57 Å². The van der Waals surface area contributed by atoms with E-state index in [0.29, 0.717) is 56.6 Å². The average molecular weight is 1070 g/mol. The zero-order valence-electron chi connectivity index (χ0n) is 51.0. The van der Waals surface area contributed by atoms with Crippen molar-refractivity contribution in [3.05, 3.63) is 106 Å². The summed E-state index contributed by atoms with van der Waals surface area (Å²) in [5.41, 5.74) is 16.0. The SMILES string of the molecule is CC(C)c1cc(C(C)C)c(-c2cc3cc([Si](C(C)C)(C(C)C)C(C)C)ccc3c3c2OP(=O)(O)Oc2c(-c4c(C(C)C)cc(C(C)C)cc4C(C)C)cc4cc([Si](C(C)C)(C(C)C)C(C)C)ccc4c2-3)c(C(C)C)c1. The van der Waals surface area contributed by atoms with E-state index >= 15 is 4.57 Å². The van der Waals surface area contributed by atoms with Crippen LogP contribution in [0, 0.1) is 0 Å². The number of benzene rings is 6. The summed E-state index contributed by atoms with van der Waals surface area (Å²) >= 11 is 0. The van der Waals surface area contributed by atoms with Crippen molar-refractivity contribution in [2.24, 2.45) is 0 Å². The van der Waals surface area contributed by atoms with Crippen molar-refractivity contribution in [1.82, 2.24) is 0 Å². The van der Waals surface area contributed by atoms with Gasteiger partial charge in [-0.15, -0.1) is 0 Å². The smallest absolute Gasteiger partial charge is 0.394 e. The number of fused-ring (bicyclic) bond motifs is 7. The lowest BCUT2D eigenvalue weighted by Crippen LogP contribution is -2.55. The number of hydrogen-bond acceptors (Lipinski definition) is 3. The first-order chi connectivity index (χ1) is 34.9. The van der Waals surface area contributed by atoms with Crippen LogP contribution in [0.3, 0.4) is 0 Å². The third-order valence-electron chi connectivity index (χ3n) is 18.4. The molecule has 0 unspecified atom stereocenters. The van der Waals surface area contributed by atoms with Gasteiger partial charge in [-0.2, -0.15) is 0 Å². The number of hydrogen-bond donors (Lipinski definition) is 1. The third kappa shape index (κ3) is 10.0. The molecule has 4 nitrogen and oxygen atoms in total. The molecule has 406 valence electrons.